The van der Waals surface area contributed by atoms with Gasteiger partial charge < -0.3 is 0 Å². The topological polar surface area (TPSA) is 61.2 Å². The molecule has 0 heterocycles. The Bertz CT molecular complexity index is 549. The van der Waals surface area contributed by atoms with E-state index in [-0.39, 0.29) is 23.9 Å². The lowest BCUT2D eigenvalue weighted by Gasteiger charge is -2.25. The largest absolute Gasteiger partial charge is 0.243 e. The van der Waals surface area contributed by atoms with Gasteiger partial charge >= 0.3 is 0 Å². The molecule has 18 heavy (non-hydrogen) atoms. The van der Waals surface area contributed by atoms with Crippen molar-refractivity contribution in [2.24, 2.45) is 0 Å². The third-order valence-electron chi connectivity index (χ3n) is 2.42. The van der Waals surface area contributed by atoms with E-state index in [1.165, 1.54) is 4.31 Å². The monoisotopic (exact) mass is 330 g/mol. The van der Waals surface area contributed by atoms with Crippen molar-refractivity contribution in [3.8, 4) is 6.07 Å². The van der Waals surface area contributed by atoms with Crippen LogP contribution in [-0.4, -0.2) is 25.3 Å². The summed E-state index contributed by atoms with van der Waals surface area (Å²) in [6.07, 6.45) is 0.186. The highest BCUT2D eigenvalue weighted by Crippen LogP contribution is 2.21. The number of nitriles is 1. The molecule has 0 aliphatic carbocycles. The number of hydrogen-bond acceptors (Lipinski definition) is 3. The van der Waals surface area contributed by atoms with E-state index < -0.39 is 10.0 Å². The Morgan fingerprint density at radius 1 is 1.44 bits per heavy atom. The number of nitrogens with zero attached hydrogens (tertiary/aromatic N) is 2. The van der Waals surface area contributed by atoms with Crippen LogP contribution in [0.3, 0.4) is 0 Å². The molecule has 0 amide bonds. The SMILES string of the molecule is CC(C)N(CCC#N)S(=O)(=O)c1cccc(Br)c1. The predicted molar refractivity (Wildman–Crippen MR) is 73.4 cm³/mol. The second-order valence-electron chi connectivity index (χ2n) is 4.07. The normalized spacial score (nSPS) is 11.8. The van der Waals surface area contributed by atoms with Crippen LogP contribution < -0.4 is 0 Å². The van der Waals surface area contributed by atoms with Crippen LogP contribution in [0.4, 0.5) is 0 Å². The van der Waals surface area contributed by atoms with E-state index in [1.807, 2.05) is 6.07 Å². The third kappa shape index (κ3) is 3.55. The smallest absolute Gasteiger partial charge is 0.207 e. The van der Waals surface area contributed by atoms with Crippen molar-refractivity contribution in [1.82, 2.24) is 4.31 Å². The van der Waals surface area contributed by atoms with Gasteiger partial charge in [-0.3, -0.25) is 0 Å². The maximum atomic E-state index is 12.4. The van der Waals surface area contributed by atoms with E-state index in [0.29, 0.717) is 4.47 Å². The molecule has 0 saturated carbocycles. The number of rotatable bonds is 5. The molecule has 0 atom stereocenters. The van der Waals surface area contributed by atoms with Gasteiger partial charge in [-0.2, -0.15) is 9.57 Å². The Labute approximate surface area is 116 Å². The van der Waals surface area contributed by atoms with Crippen LogP contribution in [0.5, 0.6) is 0 Å². The molecule has 0 aliphatic heterocycles. The number of sulfonamides is 1. The average molecular weight is 331 g/mol. The van der Waals surface area contributed by atoms with Crippen molar-refractivity contribution >= 4 is 26.0 Å². The first-order valence-corrected chi connectivity index (χ1v) is 7.77. The second kappa shape index (κ2) is 6.32. The minimum absolute atomic E-state index is 0.178. The molecule has 0 unspecified atom stereocenters. The summed E-state index contributed by atoms with van der Waals surface area (Å²) < 4.78 is 26.9. The molecule has 4 nitrogen and oxygen atoms in total. The van der Waals surface area contributed by atoms with Gasteiger partial charge in [-0.05, 0) is 32.0 Å². The Morgan fingerprint density at radius 3 is 2.61 bits per heavy atom. The summed E-state index contributed by atoms with van der Waals surface area (Å²) in [7, 11) is -3.54. The molecule has 0 aliphatic rings. The first-order valence-electron chi connectivity index (χ1n) is 5.54. The van der Waals surface area contributed by atoms with Gasteiger partial charge in [-0.25, -0.2) is 8.42 Å². The van der Waals surface area contributed by atoms with Crippen LogP contribution in [0, 0.1) is 11.3 Å². The van der Waals surface area contributed by atoms with Gasteiger partial charge in [0.2, 0.25) is 10.0 Å². The first kappa shape index (κ1) is 15.2. The zero-order chi connectivity index (χ0) is 13.8. The fraction of sp³-hybridized carbons (Fsp3) is 0.417. The molecule has 1 aromatic carbocycles. The molecule has 0 bridgehead atoms. The molecular weight excluding hydrogens is 316 g/mol. The average Bonchev–Trinajstić information content (AvgIpc) is 2.28. The molecule has 0 spiro atoms. The lowest BCUT2D eigenvalue weighted by atomic mass is 10.3. The lowest BCUT2D eigenvalue weighted by Crippen LogP contribution is -2.37. The summed E-state index contributed by atoms with van der Waals surface area (Å²) in [6, 6.07) is 8.37. The van der Waals surface area contributed by atoms with Gasteiger partial charge in [0, 0.05) is 23.5 Å². The van der Waals surface area contributed by atoms with Crippen molar-refractivity contribution in [2.45, 2.75) is 31.2 Å². The number of hydrogen-bond donors (Lipinski definition) is 0. The quantitative estimate of drug-likeness (QED) is 0.833. The summed E-state index contributed by atoms with van der Waals surface area (Å²) in [5.41, 5.74) is 0. The van der Waals surface area contributed by atoms with E-state index in [0.717, 1.165) is 0 Å². The zero-order valence-corrected chi connectivity index (χ0v) is 12.7. The fourth-order valence-electron chi connectivity index (χ4n) is 1.58. The molecule has 0 N–H and O–H groups in total. The minimum atomic E-state index is -3.54. The van der Waals surface area contributed by atoms with Crippen molar-refractivity contribution < 1.29 is 8.42 Å². The number of benzene rings is 1. The summed E-state index contributed by atoms with van der Waals surface area (Å²) in [6.45, 7) is 3.81. The van der Waals surface area contributed by atoms with Crippen LogP contribution in [0.1, 0.15) is 20.3 Å². The summed E-state index contributed by atoms with van der Waals surface area (Å²) in [5, 5.41) is 8.60. The molecule has 1 rings (SSSR count). The van der Waals surface area contributed by atoms with Gasteiger partial charge in [-0.15, -0.1) is 0 Å². The van der Waals surface area contributed by atoms with Crippen molar-refractivity contribution in [1.29, 1.82) is 5.26 Å². The predicted octanol–water partition coefficient (Wildman–Crippen LogP) is 2.76. The van der Waals surface area contributed by atoms with Gasteiger partial charge in [0.25, 0.3) is 0 Å². The molecule has 0 saturated heterocycles. The highest BCUT2D eigenvalue weighted by Gasteiger charge is 2.26. The van der Waals surface area contributed by atoms with Crippen molar-refractivity contribution in [2.75, 3.05) is 6.54 Å². The maximum Gasteiger partial charge on any atom is 0.243 e. The fourth-order valence-corrected chi connectivity index (χ4v) is 3.81. The minimum Gasteiger partial charge on any atom is -0.207 e. The Morgan fingerprint density at radius 2 is 2.11 bits per heavy atom. The zero-order valence-electron chi connectivity index (χ0n) is 10.3. The Balaban J connectivity index is 3.14. The van der Waals surface area contributed by atoms with Crippen LogP contribution in [-0.2, 0) is 10.0 Å². The van der Waals surface area contributed by atoms with E-state index in [4.69, 9.17) is 5.26 Å². The van der Waals surface area contributed by atoms with Crippen molar-refractivity contribution in [3.63, 3.8) is 0 Å². The third-order valence-corrected chi connectivity index (χ3v) is 4.99. The molecule has 0 radical (unpaired) electrons. The highest BCUT2D eigenvalue weighted by atomic mass is 79.9. The van der Waals surface area contributed by atoms with Gasteiger partial charge in [0.1, 0.15) is 0 Å². The molecule has 98 valence electrons. The first-order chi connectivity index (χ1) is 8.39. The number of halogens is 1. The molecule has 6 heteroatoms. The van der Waals surface area contributed by atoms with Crippen LogP contribution in [0.2, 0.25) is 0 Å². The van der Waals surface area contributed by atoms with Gasteiger partial charge in [-0.1, -0.05) is 22.0 Å². The molecular formula is C12H15BrN2O2S. The van der Waals surface area contributed by atoms with Crippen LogP contribution in [0.15, 0.2) is 33.6 Å². The maximum absolute atomic E-state index is 12.4. The van der Waals surface area contributed by atoms with E-state index in [9.17, 15) is 8.42 Å². The summed E-state index contributed by atoms with van der Waals surface area (Å²) in [4.78, 5) is 0.239. The second-order valence-corrected chi connectivity index (χ2v) is 6.88. The van der Waals surface area contributed by atoms with E-state index in [2.05, 4.69) is 15.9 Å². The van der Waals surface area contributed by atoms with E-state index >= 15 is 0 Å². The van der Waals surface area contributed by atoms with Gasteiger partial charge in [0.05, 0.1) is 11.0 Å². The summed E-state index contributed by atoms with van der Waals surface area (Å²) in [5.74, 6) is 0. The lowest BCUT2D eigenvalue weighted by molar-refractivity contribution is 0.360. The Hall–Kier alpha value is -0.900. The van der Waals surface area contributed by atoms with Crippen molar-refractivity contribution in [3.05, 3.63) is 28.7 Å². The molecule has 0 aromatic heterocycles. The molecule has 1 aromatic rings. The summed E-state index contributed by atoms with van der Waals surface area (Å²) >= 11 is 3.26. The standard InChI is InChI=1S/C12H15BrN2O2S/c1-10(2)15(8-4-7-14)18(16,17)12-6-3-5-11(13)9-12/h3,5-6,9-10H,4,8H2,1-2H3. The van der Waals surface area contributed by atoms with Crippen LogP contribution in [0.25, 0.3) is 0 Å². The van der Waals surface area contributed by atoms with Gasteiger partial charge in [0.15, 0.2) is 0 Å². The highest BCUT2D eigenvalue weighted by molar-refractivity contribution is 9.10. The Kier molecular flexibility index (Phi) is 5.32. The van der Waals surface area contributed by atoms with Crippen LogP contribution >= 0.6 is 15.9 Å². The van der Waals surface area contributed by atoms with E-state index in [1.54, 1.807) is 38.1 Å². The molecule has 0 fully saturated rings.